The first kappa shape index (κ1) is 17.7. The summed E-state index contributed by atoms with van der Waals surface area (Å²) in [6.45, 7) is 5.53. The monoisotopic (exact) mass is 296 g/mol. The van der Waals surface area contributed by atoms with Gasteiger partial charge in [0.15, 0.2) is 0 Å². The average molecular weight is 296 g/mol. The molecule has 1 saturated carbocycles. The summed E-state index contributed by atoms with van der Waals surface area (Å²) < 4.78 is 38.1. The smallest absolute Gasteiger partial charge is 0.394 e. The van der Waals surface area contributed by atoms with Gasteiger partial charge in [-0.15, -0.1) is 0 Å². The number of hydrogen-bond acceptors (Lipinski definition) is 3. The molecule has 0 heterocycles. The van der Waals surface area contributed by atoms with E-state index in [1.807, 2.05) is 6.92 Å². The minimum Gasteiger partial charge on any atom is -0.394 e. The molecular formula is C14H27F3N2O. The lowest BCUT2D eigenvalue weighted by molar-refractivity contribution is -0.155. The Morgan fingerprint density at radius 1 is 1.40 bits per heavy atom. The number of alkyl halides is 3. The lowest BCUT2D eigenvalue weighted by Gasteiger charge is -2.35. The van der Waals surface area contributed by atoms with Crippen molar-refractivity contribution in [3.63, 3.8) is 0 Å². The number of halogens is 3. The van der Waals surface area contributed by atoms with Gasteiger partial charge in [-0.2, -0.15) is 13.2 Å². The van der Waals surface area contributed by atoms with Crippen LogP contribution >= 0.6 is 0 Å². The highest BCUT2D eigenvalue weighted by Gasteiger charge is 2.43. The van der Waals surface area contributed by atoms with Crippen LogP contribution in [0.2, 0.25) is 0 Å². The topological polar surface area (TPSA) is 35.5 Å². The van der Waals surface area contributed by atoms with Gasteiger partial charge in [0.25, 0.3) is 0 Å². The summed E-state index contributed by atoms with van der Waals surface area (Å²) in [6.07, 6.45) is -1.22. The Kier molecular flexibility index (Phi) is 6.28. The van der Waals surface area contributed by atoms with E-state index in [0.29, 0.717) is 12.8 Å². The largest absolute Gasteiger partial charge is 0.401 e. The third-order valence-electron chi connectivity index (χ3n) is 4.13. The normalized spacial score (nSPS) is 27.8. The number of nitrogens with one attached hydrogen (secondary N) is 1. The van der Waals surface area contributed by atoms with E-state index in [-0.39, 0.29) is 18.7 Å². The predicted octanol–water partition coefficient (Wildman–Crippen LogP) is 2.54. The highest BCUT2D eigenvalue weighted by Crippen LogP contribution is 2.35. The maximum absolute atomic E-state index is 12.7. The summed E-state index contributed by atoms with van der Waals surface area (Å²) >= 11 is 0. The molecule has 0 spiro atoms. The minimum atomic E-state index is -4.18. The molecule has 0 aliphatic heterocycles. The van der Waals surface area contributed by atoms with E-state index in [1.54, 1.807) is 13.8 Å². The Hall–Kier alpha value is -0.330. The zero-order valence-electron chi connectivity index (χ0n) is 12.6. The number of aliphatic hydroxyl groups is 1. The first-order valence-corrected chi connectivity index (χ1v) is 7.41. The van der Waals surface area contributed by atoms with Gasteiger partial charge in [-0.05, 0) is 46.1 Å². The van der Waals surface area contributed by atoms with Crippen LogP contribution in [0.5, 0.6) is 0 Å². The van der Waals surface area contributed by atoms with E-state index in [0.717, 1.165) is 19.4 Å². The van der Waals surface area contributed by atoms with E-state index in [4.69, 9.17) is 0 Å². The van der Waals surface area contributed by atoms with Crippen LogP contribution in [0.25, 0.3) is 0 Å². The molecule has 0 saturated heterocycles. The van der Waals surface area contributed by atoms with Crippen molar-refractivity contribution in [2.45, 2.75) is 70.3 Å². The van der Waals surface area contributed by atoms with Crippen molar-refractivity contribution < 1.29 is 18.3 Å². The van der Waals surface area contributed by atoms with Crippen molar-refractivity contribution in [1.82, 2.24) is 10.2 Å². The molecule has 120 valence electrons. The Bertz CT molecular complexity index is 297. The molecule has 1 aliphatic rings. The zero-order valence-corrected chi connectivity index (χ0v) is 12.6. The maximum Gasteiger partial charge on any atom is 0.401 e. The van der Waals surface area contributed by atoms with Crippen molar-refractivity contribution in [2.75, 3.05) is 19.7 Å². The molecule has 1 aliphatic carbocycles. The van der Waals surface area contributed by atoms with Gasteiger partial charge in [-0.25, -0.2) is 0 Å². The highest BCUT2D eigenvalue weighted by molar-refractivity contribution is 5.00. The van der Waals surface area contributed by atoms with Crippen LogP contribution in [-0.4, -0.2) is 53.5 Å². The summed E-state index contributed by atoms with van der Waals surface area (Å²) in [7, 11) is 0. The standard InChI is InChI=1S/C14H27F3N2O/c1-4-7-18-13(10-20)6-5-12(8-13)19(11(2)3)9-14(15,16)17/h11-12,18,20H,4-10H2,1-3H3. The first-order valence-electron chi connectivity index (χ1n) is 7.41. The van der Waals surface area contributed by atoms with E-state index in [2.05, 4.69) is 5.32 Å². The summed E-state index contributed by atoms with van der Waals surface area (Å²) in [5.74, 6) is 0. The quantitative estimate of drug-likeness (QED) is 0.758. The summed E-state index contributed by atoms with van der Waals surface area (Å²) in [4.78, 5) is 1.52. The third-order valence-corrected chi connectivity index (χ3v) is 4.13. The maximum atomic E-state index is 12.7. The average Bonchev–Trinajstić information content (AvgIpc) is 2.77. The van der Waals surface area contributed by atoms with Gasteiger partial charge in [0.1, 0.15) is 0 Å². The van der Waals surface area contributed by atoms with Crippen LogP contribution in [0.15, 0.2) is 0 Å². The van der Waals surface area contributed by atoms with Crippen molar-refractivity contribution in [3.05, 3.63) is 0 Å². The van der Waals surface area contributed by atoms with Crippen LogP contribution in [0, 0.1) is 0 Å². The number of rotatable bonds is 7. The molecule has 2 atom stereocenters. The molecule has 3 nitrogen and oxygen atoms in total. The molecule has 1 fully saturated rings. The number of nitrogens with zero attached hydrogens (tertiary/aromatic N) is 1. The van der Waals surface area contributed by atoms with E-state index < -0.39 is 18.3 Å². The third kappa shape index (κ3) is 4.90. The second-order valence-corrected chi connectivity index (χ2v) is 6.14. The predicted molar refractivity (Wildman–Crippen MR) is 73.6 cm³/mol. The molecule has 1 rings (SSSR count). The second-order valence-electron chi connectivity index (χ2n) is 6.14. The summed E-state index contributed by atoms with van der Waals surface area (Å²) in [5.41, 5.74) is -0.403. The molecule has 0 aromatic heterocycles. The molecule has 0 bridgehead atoms. The van der Waals surface area contributed by atoms with Crippen molar-refractivity contribution >= 4 is 0 Å². The fraction of sp³-hybridized carbons (Fsp3) is 1.00. The van der Waals surface area contributed by atoms with Crippen molar-refractivity contribution in [2.24, 2.45) is 0 Å². The molecule has 0 aromatic carbocycles. The van der Waals surface area contributed by atoms with E-state index >= 15 is 0 Å². The molecule has 0 radical (unpaired) electrons. The fourth-order valence-corrected chi connectivity index (χ4v) is 3.07. The van der Waals surface area contributed by atoms with Gasteiger partial charge in [0.2, 0.25) is 0 Å². The molecule has 2 N–H and O–H groups in total. The summed E-state index contributed by atoms with van der Waals surface area (Å²) in [6, 6.07) is -0.268. The molecule has 0 aromatic rings. The van der Waals surface area contributed by atoms with Crippen LogP contribution in [0.4, 0.5) is 13.2 Å². The van der Waals surface area contributed by atoms with Crippen LogP contribution in [0.3, 0.4) is 0 Å². The van der Waals surface area contributed by atoms with Gasteiger partial charge >= 0.3 is 6.18 Å². The first-order chi connectivity index (χ1) is 9.23. The lowest BCUT2D eigenvalue weighted by Crippen LogP contribution is -2.50. The van der Waals surface area contributed by atoms with Crippen LogP contribution in [-0.2, 0) is 0 Å². The Labute approximate surface area is 119 Å². The van der Waals surface area contributed by atoms with Gasteiger partial charge in [0, 0.05) is 17.6 Å². The lowest BCUT2D eigenvalue weighted by atomic mass is 9.98. The number of aliphatic hydroxyl groups excluding tert-OH is 1. The fourth-order valence-electron chi connectivity index (χ4n) is 3.07. The van der Waals surface area contributed by atoms with Gasteiger partial charge in [0.05, 0.1) is 13.2 Å². The number of hydrogen-bond donors (Lipinski definition) is 2. The van der Waals surface area contributed by atoms with Gasteiger partial charge in [-0.3, -0.25) is 4.90 Å². The molecule has 0 amide bonds. The Balaban J connectivity index is 2.71. The SMILES string of the molecule is CCCNC1(CO)CCC(N(CC(F)(F)F)C(C)C)C1. The minimum absolute atomic E-state index is 0.0124. The Morgan fingerprint density at radius 3 is 2.50 bits per heavy atom. The van der Waals surface area contributed by atoms with Gasteiger partial charge < -0.3 is 10.4 Å². The van der Waals surface area contributed by atoms with Gasteiger partial charge in [-0.1, -0.05) is 6.92 Å². The summed E-state index contributed by atoms with van der Waals surface area (Å²) in [5, 5.41) is 12.9. The molecule has 2 unspecified atom stereocenters. The highest BCUT2D eigenvalue weighted by atomic mass is 19.4. The van der Waals surface area contributed by atoms with Crippen LogP contribution < -0.4 is 5.32 Å². The molecule has 20 heavy (non-hydrogen) atoms. The zero-order chi connectivity index (χ0) is 15.4. The van der Waals surface area contributed by atoms with E-state index in [1.165, 1.54) is 4.90 Å². The van der Waals surface area contributed by atoms with E-state index in [9.17, 15) is 18.3 Å². The van der Waals surface area contributed by atoms with Crippen molar-refractivity contribution in [3.8, 4) is 0 Å². The van der Waals surface area contributed by atoms with Crippen LogP contribution in [0.1, 0.15) is 46.5 Å². The second kappa shape index (κ2) is 7.09. The molecule has 6 heteroatoms. The Morgan fingerprint density at radius 2 is 2.05 bits per heavy atom. The van der Waals surface area contributed by atoms with Crippen molar-refractivity contribution in [1.29, 1.82) is 0 Å². The molecular weight excluding hydrogens is 269 g/mol.